The number of amides is 4. The summed E-state index contributed by atoms with van der Waals surface area (Å²) in [5.41, 5.74) is 2.05. The molecule has 1 aliphatic heterocycles. The van der Waals surface area contributed by atoms with Crippen LogP contribution in [-0.4, -0.2) is 73.0 Å². The number of nitrogens with one attached hydrogen (secondary N) is 3. The van der Waals surface area contributed by atoms with Gasteiger partial charge in [0.15, 0.2) is 11.5 Å². The normalized spacial score (nSPS) is 17.4. The van der Waals surface area contributed by atoms with E-state index < -0.39 is 48.1 Å². The molecule has 0 radical (unpaired) electrons. The number of benzene rings is 4. The van der Waals surface area contributed by atoms with Crippen molar-refractivity contribution in [2.75, 3.05) is 26.3 Å². The maximum Gasteiger partial charge on any atom is 0.255 e. The second kappa shape index (κ2) is 17.8. The minimum absolute atomic E-state index is 0.0499. The van der Waals surface area contributed by atoms with Crippen molar-refractivity contribution in [2.45, 2.75) is 51.7 Å². The first-order valence-corrected chi connectivity index (χ1v) is 17.2. The molecule has 0 aromatic heterocycles. The first-order valence-electron chi connectivity index (χ1n) is 17.2. The fourth-order valence-electron chi connectivity index (χ4n) is 5.64. The number of halogens is 1. The number of fused-ring (bicyclic) bond motifs is 1. The molecule has 52 heavy (non-hydrogen) atoms. The summed E-state index contributed by atoms with van der Waals surface area (Å²) in [6.45, 7) is 6.11. The van der Waals surface area contributed by atoms with Crippen LogP contribution < -0.4 is 30.2 Å². The van der Waals surface area contributed by atoms with Crippen LogP contribution in [0, 0.1) is 12.7 Å². The molecule has 0 fully saturated rings. The Labute approximate surface area is 302 Å². The summed E-state index contributed by atoms with van der Waals surface area (Å²) in [6.07, 6.45) is -0.229. The van der Waals surface area contributed by atoms with Gasteiger partial charge in [0.2, 0.25) is 17.7 Å². The second-order valence-corrected chi connectivity index (χ2v) is 12.5. The molecule has 0 unspecified atom stereocenters. The number of hydrogen-bond donors (Lipinski definition) is 3. The van der Waals surface area contributed by atoms with E-state index >= 15 is 0 Å². The Hall–Kier alpha value is -5.91. The molecule has 0 saturated heterocycles. The van der Waals surface area contributed by atoms with Crippen LogP contribution in [0.3, 0.4) is 0 Å². The van der Waals surface area contributed by atoms with Gasteiger partial charge in [0.1, 0.15) is 42.6 Å². The summed E-state index contributed by atoms with van der Waals surface area (Å²) in [7, 11) is 0. The summed E-state index contributed by atoms with van der Waals surface area (Å²) < 4.78 is 31.9. The number of nitrogens with zero attached hydrogens (tertiary/aromatic N) is 1. The number of ether oxygens (including phenoxy) is 3. The monoisotopic (exact) mass is 710 g/mol. The Morgan fingerprint density at radius 3 is 2.44 bits per heavy atom. The van der Waals surface area contributed by atoms with Crippen LogP contribution in [0.5, 0.6) is 23.0 Å². The van der Waals surface area contributed by atoms with Gasteiger partial charge in [-0.3, -0.25) is 19.2 Å². The molecule has 0 bridgehead atoms. The Balaban J connectivity index is 1.33. The molecule has 4 aromatic rings. The van der Waals surface area contributed by atoms with E-state index in [2.05, 4.69) is 16.0 Å². The zero-order chi connectivity index (χ0) is 37.0. The molecule has 0 aliphatic carbocycles. The summed E-state index contributed by atoms with van der Waals surface area (Å²) in [5.74, 6) is -1.50. The lowest BCUT2D eigenvalue weighted by Crippen LogP contribution is -2.54. The SMILES string of the molecule is CCN1CCOc2ccccc2C(=O)N[C@H](C(=O)N[C@H](C)COc2ccc(F)cc2Oc2ccc(C)cc2)CC(=O)N[C@@H](Cc2ccccc2)C1=O. The molecule has 4 amide bonds. The fraction of sp³-hybridized carbons (Fsp3) is 0.300. The van der Waals surface area contributed by atoms with E-state index in [0.29, 0.717) is 12.3 Å². The van der Waals surface area contributed by atoms with E-state index in [4.69, 9.17) is 14.2 Å². The molecule has 11 nitrogen and oxygen atoms in total. The molecular formula is C40H43FN4O7. The van der Waals surface area contributed by atoms with Gasteiger partial charge in [0.05, 0.1) is 24.6 Å². The van der Waals surface area contributed by atoms with Crippen molar-refractivity contribution < 1.29 is 37.8 Å². The maximum absolute atomic E-state index is 14.2. The number of para-hydroxylation sites is 1. The number of aryl methyl sites for hydroxylation is 1. The highest BCUT2D eigenvalue weighted by Gasteiger charge is 2.31. The molecule has 12 heteroatoms. The van der Waals surface area contributed by atoms with E-state index in [1.807, 2.05) is 56.3 Å². The van der Waals surface area contributed by atoms with E-state index in [1.54, 1.807) is 48.2 Å². The van der Waals surface area contributed by atoms with E-state index in [9.17, 15) is 23.6 Å². The van der Waals surface area contributed by atoms with Crippen LogP contribution in [0.1, 0.15) is 41.8 Å². The summed E-state index contributed by atoms with van der Waals surface area (Å²) in [6, 6.07) is 24.1. The maximum atomic E-state index is 14.2. The van der Waals surface area contributed by atoms with E-state index in [-0.39, 0.29) is 54.9 Å². The van der Waals surface area contributed by atoms with Gasteiger partial charge in [-0.1, -0.05) is 60.2 Å². The average molecular weight is 711 g/mol. The molecule has 5 rings (SSSR count). The van der Waals surface area contributed by atoms with Crippen molar-refractivity contribution in [2.24, 2.45) is 0 Å². The minimum atomic E-state index is -1.33. The standard InChI is InChI=1S/C40H43FN4O7/c1-4-45-20-21-50-34-13-9-8-12-31(34)38(47)44-32(24-37(46)43-33(40(45)49)22-28-10-6-5-7-11-28)39(48)42-27(3)25-51-35-19-16-29(41)23-36(35)52-30-17-14-26(2)15-18-30/h5-19,23,27,32-33H,4,20-22,24-25H2,1-3H3,(H,42,48)(H,43,46)(H,44,47)/t27-,32+,33+/m1/s1. The number of carbonyl (C=O) groups excluding carboxylic acids is 4. The Bertz CT molecular complexity index is 1850. The van der Waals surface area contributed by atoms with Crippen molar-refractivity contribution in [3.05, 3.63) is 120 Å². The third-order valence-corrected chi connectivity index (χ3v) is 8.40. The highest BCUT2D eigenvalue weighted by atomic mass is 19.1. The Morgan fingerprint density at radius 1 is 0.962 bits per heavy atom. The Kier molecular flexibility index (Phi) is 12.8. The molecule has 272 valence electrons. The lowest BCUT2D eigenvalue weighted by molar-refractivity contribution is -0.137. The van der Waals surface area contributed by atoms with E-state index in [0.717, 1.165) is 11.1 Å². The third-order valence-electron chi connectivity index (χ3n) is 8.40. The van der Waals surface area contributed by atoms with Gasteiger partial charge in [-0.05, 0) is 62.7 Å². The zero-order valence-corrected chi connectivity index (χ0v) is 29.4. The zero-order valence-electron chi connectivity index (χ0n) is 29.4. The fourth-order valence-corrected chi connectivity index (χ4v) is 5.64. The lowest BCUT2D eigenvalue weighted by Gasteiger charge is -2.28. The molecule has 1 aliphatic rings. The van der Waals surface area contributed by atoms with Gasteiger partial charge in [-0.15, -0.1) is 0 Å². The van der Waals surface area contributed by atoms with Crippen molar-refractivity contribution in [1.82, 2.24) is 20.9 Å². The quantitative estimate of drug-likeness (QED) is 0.212. The molecule has 4 aromatic carbocycles. The van der Waals surface area contributed by atoms with Crippen LogP contribution in [-0.2, 0) is 20.8 Å². The number of rotatable bonds is 10. The van der Waals surface area contributed by atoms with Crippen LogP contribution in [0.2, 0.25) is 0 Å². The van der Waals surface area contributed by atoms with Gasteiger partial charge in [-0.2, -0.15) is 0 Å². The van der Waals surface area contributed by atoms with Crippen LogP contribution in [0.15, 0.2) is 97.1 Å². The third kappa shape index (κ3) is 10.3. The number of hydrogen-bond acceptors (Lipinski definition) is 7. The lowest BCUT2D eigenvalue weighted by atomic mass is 10.0. The van der Waals surface area contributed by atoms with Crippen LogP contribution in [0.25, 0.3) is 0 Å². The largest absolute Gasteiger partial charge is 0.491 e. The predicted octanol–water partition coefficient (Wildman–Crippen LogP) is 4.97. The van der Waals surface area contributed by atoms with Crippen molar-refractivity contribution in [1.29, 1.82) is 0 Å². The molecule has 0 spiro atoms. The van der Waals surface area contributed by atoms with Gasteiger partial charge < -0.3 is 35.1 Å². The van der Waals surface area contributed by atoms with Gasteiger partial charge in [-0.25, -0.2) is 4.39 Å². The van der Waals surface area contributed by atoms with Crippen molar-refractivity contribution in [3.63, 3.8) is 0 Å². The summed E-state index contributed by atoms with van der Waals surface area (Å²) >= 11 is 0. The molecule has 3 N–H and O–H groups in total. The number of carbonyl (C=O) groups is 4. The van der Waals surface area contributed by atoms with Crippen LogP contribution in [0.4, 0.5) is 4.39 Å². The highest BCUT2D eigenvalue weighted by Crippen LogP contribution is 2.32. The molecular weight excluding hydrogens is 667 g/mol. The Morgan fingerprint density at radius 2 is 1.69 bits per heavy atom. The van der Waals surface area contributed by atoms with Gasteiger partial charge in [0.25, 0.3) is 5.91 Å². The van der Waals surface area contributed by atoms with Gasteiger partial charge >= 0.3 is 0 Å². The minimum Gasteiger partial charge on any atom is -0.491 e. The first kappa shape index (κ1) is 37.3. The highest BCUT2D eigenvalue weighted by molar-refractivity contribution is 6.01. The van der Waals surface area contributed by atoms with Crippen molar-refractivity contribution in [3.8, 4) is 23.0 Å². The first-order chi connectivity index (χ1) is 25.1. The smallest absolute Gasteiger partial charge is 0.255 e. The molecule has 1 heterocycles. The average Bonchev–Trinajstić information content (AvgIpc) is 3.13. The van der Waals surface area contributed by atoms with Crippen molar-refractivity contribution >= 4 is 23.6 Å². The number of likely N-dealkylation sites (N-methyl/N-ethyl adjacent to an activating group) is 1. The molecule has 0 saturated carbocycles. The topological polar surface area (TPSA) is 135 Å². The molecule has 3 atom stereocenters. The summed E-state index contributed by atoms with van der Waals surface area (Å²) in [4.78, 5) is 56.2. The van der Waals surface area contributed by atoms with Crippen LogP contribution >= 0.6 is 0 Å². The van der Waals surface area contributed by atoms with Gasteiger partial charge in [0, 0.05) is 19.0 Å². The second-order valence-electron chi connectivity index (χ2n) is 12.5. The van der Waals surface area contributed by atoms with E-state index in [1.165, 1.54) is 18.2 Å². The summed E-state index contributed by atoms with van der Waals surface area (Å²) in [5, 5.41) is 8.31. The predicted molar refractivity (Wildman–Crippen MR) is 193 cm³/mol.